The van der Waals surface area contributed by atoms with E-state index in [4.69, 9.17) is 9.47 Å². The molecule has 6 nitrogen and oxygen atoms in total. The van der Waals surface area contributed by atoms with E-state index in [1.54, 1.807) is 13.2 Å². The highest BCUT2D eigenvalue weighted by atomic mass is 16.5. The van der Waals surface area contributed by atoms with Gasteiger partial charge in [-0.3, -0.25) is 4.99 Å². The second-order valence-electron chi connectivity index (χ2n) is 6.59. The SMILES string of the molecule is CCOc1ccccc1Oc1ccc(CNC(=NC)NC(C)C(C)C)cn1. The van der Waals surface area contributed by atoms with Crippen molar-refractivity contribution in [3.05, 3.63) is 48.2 Å². The zero-order valence-electron chi connectivity index (χ0n) is 16.8. The van der Waals surface area contributed by atoms with Crippen LogP contribution in [0.3, 0.4) is 0 Å². The van der Waals surface area contributed by atoms with E-state index in [0.29, 0.717) is 42.5 Å². The predicted octanol–water partition coefficient (Wildman–Crippen LogP) is 3.98. The van der Waals surface area contributed by atoms with Crippen LogP contribution in [0.2, 0.25) is 0 Å². The van der Waals surface area contributed by atoms with Gasteiger partial charge in [0.05, 0.1) is 6.61 Å². The first-order chi connectivity index (χ1) is 13.0. The van der Waals surface area contributed by atoms with Crippen molar-refractivity contribution >= 4 is 5.96 Å². The molecule has 2 aromatic rings. The van der Waals surface area contributed by atoms with Crippen LogP contribution in [-0.2, 0) is 6.54 Å². The van der Waals surface area contributed by atoms with E-state index >= 15 is 0 Å². The smallest absolute Gasteiger partial charge is 0.219 e. The summed E-state index contributed by atoms with van der Waals surface area (Å²) in [5.74, 6) is 3.21. The molecule has 1 aromatic heterocycles. The van der Waals surface area contributed by atoms with Crippen molar-refractivity contribution in [2.45, 2.75) is 40.3 Å². The van der Waals surface area contributed by atoms with Gasteiger partial charge in [-0.05, 0) is 37.5 Å². The van der Waals surface area contributed by atoms with Crippen molar-refractivity contribution in [1.29, 1.82) is 0 Å². The van der Waals surface area contributed by atoms with Crippen LogP contribution in [-0.4, -0.2) is 30.6 Å². The summed E-state index contributed by atoms with van der Waals surface area (Å²) < 4.78 is 11.4. The number of hydrogen-bond acceptors (Lipinski definition) is 4. The van der Waals surface area contributed by atoms with Gasteiger partial charge in [0.15, 0.2) is 17.5 Å². The molecule has 1 unspecified atom stereocenters. The quantitative estimate of drug-likeness (QED) is 0.543. The highest BCUT2D eigenvalue weighted by Gasteiger charge is 2.09. The number of nitrogens with zero attached hydrogens (tertiary/aromatic N) is 2. The molecule has 0 saturated heterocycles. The zero-order chi connectivity index (χ0) is 19.6. The Morgan fingerprint density at radius 1 is 1.11 bits per heavy atom. The summed E-state index contributed by atoms with van der Waals surface area (Å²) >= 11 is 0. The summed E-state index contributed by atoms with van der Waals surface area (Å²) in [6.45, 7) is 9.66. The van der Waals surface area contributed by atoms with E-state index < -0.39 is 0 Å². The molecule has 2 N–H and O–H groups in total. The van der Waals surface area contributed by atoms with Crippen LogP contribution >= 0.6 is 0 Å². The second-order valence-corrected chi connectivity index (χ2v) is 6.59. The number of nitrogens with one attached hydrogen (secondary N) is 2. The summed E-state index contributed by atoms with van der Waals surface area (Å²) in [7, 11) is 1.77. The molecule has 0 radical (unpaired) electrons. The van der Waals surface area contributed by atoms with Crippen LogP contribution in [0.1, 0.15) is 33.3 Å². The number of aliphatic imine (C=N–C) groups is 1. The Morgan fingerprint density at radius 2 is 1.85 bits per heavy atom. The Morgan fingerprint density at radius 3 is 2.44 bits per heavy atom. The molecule has 0 aliphatic rings. The summed E-state index contributed by atoms with van der Waals surface area (Å²) in [5, 5.41) is 6.68. The third-order valence-corrected chi connectivity index (χ3v) is 4.21. The minimum absolute atomic E-state index is 0.343. The monoisotopic (exact) mass is 370 g/mol. The molecular weight excluding hydrogens is 340 g/mol. The van der Waals surface area contributed by atoms with E-state index in [0.717, 1.165) is 11.5 Å². The Balaban J connectivity index is 1.93. The molecule has 0 fully saturated rings. The number of ether oxygens (including phenoxy) is 2. The molecule has 146 valence electrons. The van der Waals surface area contributed by atoms with Gasteiger partial charge in [-0.2, -0.15) is 0 Å². The minimum atomic E-state index is 0.343. The first kappa shape index (κ1) is 20.6. The van der Waals surface area contributed by atoms with E-state index in [-0.39, 0.29) is 0 Å². The molecular formula is C21H30N4O2. The lowest BCUT2D eigenvalue weighted by atomic mass is 10.1. The number of pyridine rings is 1. The van der Waals surface area contributed by atoms with E-state index in [1.807, 2.05) is 43.3 Å². The zero-order valence-corrected chi connectivity index (χ0v) is 16.8. The Hall–Kier alpha value is -2.76. The second kappa shape index (κ2) is 10.4. The molecule has 0 amide bonds. The van der Waals surface area contributed by atoms with Crippen LogP contribution in [0.15, 0.2) is 47.6 Å². The van der Waals surface area contributed by atoms with Gasteiger partial charge < -0.3 is 20.1 Å². The number of hydrogen-bond donors (Lipinski definition) is 2. The summed E-state index contributed by atoms with van der Waals surface area (Å²) in [5.41, 5.74) is 1.04. The lowest BCUT2D eigenvalue weighted by Crippen LogP contribution is -2.43. The van der Waals surface area contributed by atoms with Gasteiger partial charge in [0.1, 0.15) is 0 Å². The van der Waals surface area contributed by atoms with Crippen LogP contribution in [0.25, 0.3) is 0 Å². The van der Waals surface area contributed by atoms with Gasteiger partial charge in [-0.25, -0.2) is 4.98 Å². The Bertz CT molecular complexity index is 729. The third kappa shape index (κ3) is 6.47. The normalized spacial score (nSPS) is 12.6. The first-order valence-corrected chi connectivity index (χ1v) is 9.35. The van der Waals surface area contributed by atoms with Gasteiger partial charge in [0.2, 0.25) is 5.88 Å². The molecule has 0 aliphatic heterocycles. The molecule has 0 aliphatic carbocycles. The van der Waals surface area contributed by atoms with Crippen molar-refractivity contribution in [2.75, 3.05) is 13.7 Å². The maximum absolute atomic E-state index is 5.85. The molecule has 1 atom stereocenters. The lowest BCUT2D eigenvalue weighted by Gasteiger charge is -2.20. The molecule has 0 saturated carbocycles. The van der Waals surface area contributed by atoms with Crippen molar-refractivity contribution in [3.63, 3.8) is 0 Å². The lowest BCUT2D eigenvalue weighted by molar-refractivity contribution is 0.319. The molecule has 1 aromatic carbocycles. The molecule has 27 heavy (non-hydrogen) atoms. The molecule has 2 rings (SSSR count). The standard InChI is InChI=1S/C21H30N4O2/c1-6-26-18-9-7-8-10-19(18)27-20-12-11-17(13-23-20)14-24-21(22-5)25-16(4)15(2)3/h7-13,15-16H,6,14H2,1-5H3,(H2,22,24,25). The average Bonchev–Trinajstić information content (AvgIpc) is 2.67. The van der Waals surface area contributed by atoms with Crippen LogP contribution < -0.4 is 20.1 Å². The molecule has 6 heteroatoms. The van der Waals surface area contributed by atoms with Gasteiger partial charge in [0.25, 0.3) is 0 Å². The number of rotatable bonds is 8. The fourth-order valence-corrected chi connectivity index (χ4v) is 2.26. The maximum Gasteiger partial charge on any atom is 0.219 e. The summed E-state index contributed by atoms with van der Waals surface area (Å²) in [6.07, 6.45) is 1.80. The fourth-order valence-electron chi connectivity index (χ4n) is 2.26. The van der Waals surface area contributed by atoms with E-state index in [2.05, 4.69) is 41.4 Å². The van der Waals surface area contributed by atoms with Crippen molar-refractivity contribution in [2.24, 2.45) is 10.9 Å². The summed E-state index contributed by atoms with van der Waals surface area (Å²) in [4.78, 5) is 8.65. The highest BCUT2D eigenvalue weighted by molar-refractivity contribution is 5.79. The molecule has 0 spiro atoms. The highest BCUT2D eigenvalue weighted by Crippen LogP contribution is 2.30. The number of guanidine groups is 1. The predicted molar refractivity (Wildman–Crippen MR) is 110 cm³/mol. The average molecular weight is 370 g/mol. The van der Waals surface area contributed by atoms with E-state index in [1.165, 1.54) is 0 Å². The topological polar surface area (TPSA) is 67.8 Å². The van der Waals surface area contributed by atoms with Crippen molar-refractivity contribution in [3.8, 4) is 17.4 Å². The number of para-hydroxylation sites is 2. The van der Waals surface area contributed by atoms with Gasteiger partial charge >= 0.3 is 0 Å². The minimum Gasteiger partial charge on any atom is -0.490 e. The van der Waals surface area contributed by atoms with Crippen LogP contribution in [0.4, 0.5) is 0 Å². The first-order valence-electron chi connectivity index (χ1n) is 9.35. The Kier molecular flexibility index (Phi) is 7.92. The number of benzene rings is 1. The number of aromatic nitrogens is 1. The Labute approximate surface area is 162 Å². The van der Waals surface area contributed by atoms with Gasteiger partial charge in [0, 0.05) is 31.9 Å². The third-order valence-electron chi connectivity index (χ3n) is 4.21. The fraction of sp³-hybridized carbons (Fsp3) is 0.429. The van der Waals surface area contributed by atoms with E-state index in [9.17, 15) is 0 Å². The largest absolute Gasteiger partial charge is 0.490 e. The van der Waals surface area contributed by atoms with Gasteiger partial charge in [-0.1, -0.05) is 32.0 Å². The van der Waals surface area contributed by atoms with Crippen molar-refractivity contribution in [1.82, 2.24) is 15.6 Å². The van der Waals surface area contributed by atoms with Crippen LogP contribution in [0, 0.1) is 5.92 Å². The maximum atomic E-state index is 5.85. The summed E-state index contributed by atoms with van der Waals surface area (Å²) in [6, 6.07) is 11.8. The van der Waals surface area contributed by atoms with Crippen molar-refractivity contribution < 1.29 is 9.47 Å². The molecule has 1 heterocycles. The van der Waals surface area contributed by atoms with Crippen LogP contribution in [0.5, 0.6) is 17.4 Å². The molecule has 0 bridgehead atoms. The van der Waals surface area contributed by atoms with Gasteiger partial charge in [-0.15, -0.1) is 0 Å².